The Morgan fingerprint density at radius 3 is 2.52 bits per heavy atom. The van der Waals surface area contributed by atoms with E-state index in [-0.39, 0.29) is 24.2 Å². The molecule has 1 saturated heterocycles. The lowest BCUT2D eigenvalue weighted by atomic mass is 9.96. The predicted molar refractivity (Wildman–Crippen MR) is 126 cm³/mol. The lowest BCUT2D eigenvalue weighted by molar-refractivity contribution is -0.126. The molecule has 168 valence electrons. The summed E-state index contributed by atoms with van der Waals surface area (Å²) in [5.41, 5.74) is 3.75. The molecule has 5 nitrogen and oxygen atoms in total. The van der Waals surface area contributed by atoms with Crippen molar-refractivity contribution in [2.24, 2.45) is 5.92 Å². The maximum atomic E-state index is 13.0. The molecule has 0 aliphatic carbocycles. The second-order valence-electron chi connectivity index (χ2n) is 8.24. The van der Waals surface area contributed by atoms with E-state index < -0.39 is 15.9 Å². The largest absolute Gasteiger partial charge is 0.349 e. The third-order valence-electron chi connectivity index (χ3n) is 5.79. The summed E-state index contributed by atoms with van der Waals surface area (Å²) in [5, 5.41) is 3.71. The van der Waals surface area contributed by atoms with Crippen molar-refractivity contribution in [1.29, 1.82) is 0 Å². The van der Waals surface area contributed by atoms with Gasteiger partial charge >= 0.3 is 0 Å². The molecule has 1 aliphatic heterocycles. The van der Waals surface area contributed by atoms with E-state index in [1.165, 1.54) is 9.87 Å². The second kappa shape index (κ2) is 9.90. The molecule has 1 amide bonds. The van der Waals surface area contributed by atoms with E-state index in [0.29, 0.717) is 35.0 Å². The Labute approximate surface area is 194 Å². The van der Waals surface area contributed by atoms with Crippen LogP contribution in [0.2, 0.25) is 10.0 Å². The highest BCUT2D eigenvalue weighted by molar-refractivity contribution is 7.88. The number of rotatable bonds is 6. The van der Waals surface area contributed by atoms with Gasteiger partial charge in [0.2, 0.25) is 15.9 Å². The minimum atomic E-state index is -3.66. The molecule has 8 heteroatoms. The summed E-state index contributed by atoms with van der Waals surface area (Å²) in [4.78, 5) is 12.9. The van der Waals surface area contributed by atoms with Gasteiger partial charge in [0, 0.05) is 28.7 Å². The number of carbonyl (C=O) groups is 1. The van der Waals surface area contributed by atoms with Crippen LogP contribution in [0.15, 0.2) is 36.4 Å². The number of aryl methyl sites for hydroxylation is 2. The molecule has 0 saturated carbocycles. The average molecular weight is 483 g/mol. The van der Waals surface area contributed by atoms with E-state index in [0.717, 1.165) is 11.1 Å². The third kappa shape index (κ3) is 5.80. The predicted octanol–water partition coefficient (Wildman–Crippen LogP) is 5.03. The van der Waals surface area contributed by atoms with Crippen molar-refractivity contribution in [3.8, 4) is 0 Å². The summed E-state index contributed by atoms with van der Waals surface area (Å²) in [7, 11) is -3.66. The van der Waals surface area contributed by atoms with Gasteiger partial charge in [0.15, 0.2) is 0 Å². The van der Waals surface area contributed by atoms with Crippen molar-refractivity contribution >= 4 is 39.1 Å². The van der Waals surface area contributed by atoms with Gasteiger partial charge in [-0.25, -0.2) is 12.7 Å². The van der Waals surface area contributed by atoms with Crippen molar-refractivity contribution < 1.29 is 13.2 Å². The van der Waals surface area contributed by atoms with Gasteiger partial charge in [-0.3, -0.25) is 4.79 Å². The highest BCUT2D eigenvalue weighted by Crippen LogP contribution is 2.29. The van der Waals surface area contributed by atoms with Gasteiger partial charge < -0.3 is 5.32 Å². The molecule has 3 rings (SSSR count). The fourth-order valence-corrected chi connectivity index (χ4v) is 6.44. The van der Waals surface area contributed by atoms with Crippen molar-refractivity contribution in [2.45, 2.75) is 45.4 Å². The van der Waals surface area contributed by atoms with Crippen LogP contribution in [0.5, 0.6) is 0 Å². The van der Waals surface area contributed by atoms with Crippen LogP contribution in [0, 0.1) is 19.8 Å². The van der Waals surface area contributed by atoms with Crippen LogP contribution in [0.25, 0.3) is 0 Å². The molecule has 31 heavy (non-hydrogen) atoms. The van der Waals surface area contributed by atoms with Gasteiger partial charge in [0.1, 0.15) is 0 Å². The molecule has 1 aliphatic rings. The molecular weight excluding hydrogens is 455 g/mol. The van der Waals surface area contributed by atoms with Crippen LogP contribution in [0.4, 0.5) is 0 Å². The highest BCUT2D eigenvalue weighted by atomic mass is 35.5. The van der Waals surface area contributed by atoms with Gasteiger partial charge in [-0.1, -0.05) is 53.0 Å². The van der Waals surface area contributed by atoms with Crippen LogP contribution >= 0.6 is 23.2 Å². The smallest absolute Gasteiger partial charge is 0.224 e. The fraction of sp³-hybridized carbons (Fsp3) is 0.435. The van der Waals surface area contributed by atoms with Crippen LogP contribution in [0.1, 0.15) is 48.1 Å². The number of hydrogen-bond acceptors (Lipinski definition) is 3. The standard InChI is InChI=1S/C23H28Cl2N2O3S/c1-15-9-10-19(16(2)12-15)17(3)26-23(28)18-6-5-11-27(13-18)31(29,30)14-20-21(24)7-4-8-22(20)25/h4,7-10,12,17-18H,5-6,11,13-14H2,1-3H3,(H,26,28)/t17-,18-/m1/s1. The monoisotopic (exact) mass is 482 g/mol. The molecule has 0 spiro atoms. The Morgan fingerprint density at radius 1 is 1.19 bits per heavy atom. The van der Waals surface area contributed by atoms with Gasteiger partial charge in [0.25, 0.3) is 0 Å². The summed E-state index contributed by atoms with van der Waals surface area (Å²) in [6, 6.07) is 10.9. The number of amides is 1. The highest BCUT2D eigenvalue weighted by Gasteiger charge is 2.33. The van der Waals surface area contributed by atoms with Gasteiger partial charge in [0.05, 0.1) is 17.7 Å². The van der Waals surface area contributed by atoms with Gasteiger partial charge in [-0.15, -0.1) is 0 Å². The zero-order chi connectivity index (χ0) is 22.8. The van der Waals surface area contributed by atoms with E-state index >= 15 is 0 Å². The van der Waals surface area contributed by atoms with E-state index in [1.807, 2.05) is 32.9 Å². The summed E-state index contributed by atoms with van der Waals surface area (Å²) in [6.45, 7) is 6.57. The lowest BCUT2D eigenvalue weighted by Gasteiger charge is -2.32. The fourth-order valence-electron chi connectivity index (χ4n) is 4.07. The zero-order valence-corrected chi connectivity index (χ0v) is 20.3. The van der Waals surface area contributed by atoms with E-state index in [4.69, 9.17) is 23.2 Å². The van der Waals surface area contributed by atoms with Crippen LogP contribution in [-0.2, 0) is 20.6 Å². The Hall–Kier alpha value is -1.60. The SMILES string of the molecule is Cc1ccc([C@@H](C)NC(=O)[C@@H]2CCCN(S(=O)(=O)Cc3c(Cl)cccc3Cl)C2)c(C)c1. The van der Waals surface area contributed by atoms with E-state index in [2.05, 4.69) is 11.4 Å². The maximum Gasteiger partial charge on any atom is 0.224 e. The summed E-state index contributed by atoms with van der Waals surface area (Å²) in [5.74, 6) is -0.791. The second-order valence-corrected chi connectivity index (χ2v) is 11.0. The number of benzene rings is 2. The first-order valence-electron chi connectivity index (χ1n) is 10.4. The van der Waals surface area contributed by atoms with Gasteiger partial charge in [-0.05, 0) is 56.9 Å². The number of nitrogens with zero attached hydrogens (tertiary/aromatic N) is 1. The quantitative estimate of drug-likeness (QED) is 0.627. The van der Waals surface area contributed by atoms with Crippen molar-refractivity contribution in [1.82, 2.24) is 9.62 Å². The molecule has 0 aromatic heterocycles. The van der Waals surface area contributed by atoms with Crippen LogP contribution in [-0.4, -0.2) is 31.7 Å². The molecule has 1 fully saturated rings. The number of carbonyl (C=O) groups excluding carboxylic acids is 1. The van der Waals surface area contributed by atoms with E-state index in [9.17, 15) is 13.2 Å². The third-order valence-corrected chi connectivity index (χ3v) is 8.27. The molecule has 1 N–H and O–H groups in total. The Bertz CT molecular complexity index is 1050. The number of hydrogen-bond donors (Lipinski definition) is 1. The first-order chi connectivity index (χ1) is 14.6. The number of nitrogens with one attached hydrogen (secondary N) is 1. The molecule has 0 bridgehead atoms. The van der Waals surface area contributed by atoms with Crippen molar-refractivity contribution in [3.05, 3.63) is 68.7 Å². The first kappa shape index (κ1) is 24.1. The minimum absolute atomic E-state index is 0.122. The van der Waals surface area contributed by atoms with Crippen LogP contribution < -0.4 is 5.32 Å². The molecule has 2 aromatic rings. The Morgan fingerprint density at radius 2 is 1.87 bits per heavy atom. The normalized spacial score (nSPS) is 18.5. The van der Waals surface area contributed by atoms with Gasteiger partial charge in [-0.2, -0.15) is 0 Å². The molecule has 2 atom stereocenters. The summed E-state index contributed by atoms with van der Waals surface area (Å²) in [6.07, 6.45) is 1.29. The Kier molecular flexibility index (Phi) is 7.68. The number of piperidine rings is 1. The van der Waals surface area contributed by atoms with Crippen molar-refractivity contribution in [2.75, 3.05) is 13.1 Å². The number of sulfonamides is 1. The maximum absolute atomic E-state index is 13.0. The molecule has 0 radical (unpaired) electrons. The molecule has 1 heterocycles. The zero-order valence-electron chi connectivity index (χ0n) is 18.0. The van der Waals surface area contributed by atoms with E-state index in [1.54, 1.807) is 18.2 Å². The summed E-state index contributed by atoms with van der Waals surface area (Å²) < 4.78 is 27.4. The minimum Gasteiger partial charge on any atom is -0.349 e. The van der Waals surface area contributed by atoms with Crippen LogP contribution in [0.3, 0.4) is 0 Å². The number of halogens is 2. The molecule has 2 aromatic carbocycles. The topological polar surface area (TPSA) is 66.5 Å². The average Bonchev–Trinajstić information content (AvgIpc) is 2.71. The lowest BCUT2D eigenvalue weighted by Crippen LogP contribution is -2.46. The summed E-state index contributed by atoms with van der Waals surface area (Å²) >= 11 is 12.3. The molecule has 0 unspecified atom stereocenters. The van der Waals surface area contributed by atoms with Crippen molar-refractivity contribution in [3.63, 3.8) is 0 Å². The molecular formula is C23H28Cl2N2O3S. The Balaban J connectivity index is 1.68. The first-order valence-corrected chi connectivity index (χ1v) is 12.7.